The van der Waals surface area contributed by atoms with Crippen molar-refractivity contribution in [3.05, 3.63) is 22.4 Å². The minimum absolute atomic E-state index is 0.426. The predicted molar refractivity (Wildman–Crippen MR) is 59.7 cm³/mol. The minimum atomic E-state index is 0.426. The Morgan fingerprint density at radius 3 is 2.79 bits per heavy atom. The van der Waals surface area contributed by atoms with Gasteiger partial charge in [0.2, 0.25) is 0 Å². The van der Waals surface area contributed by atoms with Crippen LogP contribution >= 0.6 is 15.9 Å². The van der Waals surface area contributed by atoms with E-state index in [4.69, 9.17) is 4.74 Å². The van der Waals surface area contributed by atoms with Gasteiger partial charge in [-0.3, -0.25) is 0 Å². The SMILES string of the molecule is CC(C)c1cnc(Br)c(OC2CC2)c1. The lowest BCUT2D eigenvalue weighted by atomic mass is 10.1. The molecule has 2 nitrogen and oxygen atoms in total. The van der Waals surface area contributed by atoms with Crippen LogP contribution in [0.3, 0.4) is 0 Å². The third-order valence-electron chi connectivity index (χ3n) is 2.31. The molecular weight excluding hydrogens is 242 g/mol. The Bertz CT molecular complexity index is 334. The second-order valence-electron chi connectivity index (χ2n) is 4.03. The van der Waals surface area contributed by atoms with Crippen molar-refractivity contribution in [3.63, 3.8) is 0 Å². The van der Waals surface area contributed by atoms with Crippen LogP contribution < -0.4 is 4.74 Å². The third kappa shape index (κ3) is 2.27. The molecule has 1 heterocycles. The summed E-state index contributed by atoms with van der Waals surface area (Å²) >= 11 is 3.40. The lowest BCUT2D eigenvalue weighted by molar-refractivity contribution is 0.299. The molecule has 1 aliphatic rings. The molecule has 0 spiro atoms. The minimum Gasteiger partial charge on any atom is -0.488 e. The molecule has 14 heavy (non-hydrogen) atoms. The first kappa shape index (κ1) is 9.97. The number of aromatic nitrogens is 1. The Labute approximate surface area is 92.8 Å². The summed E-state index contributed by atoms with van der Waals surface area (Å²) in [4.78, 5) is 4.27. The molecule has 0 amide bonds. The zero-order valence-corrected chi connectivity index (χ0v) is 10.0. The lowest BCUT2D eigenvalue weighted by Gasteiger charge is -2.10. The predicted octanol–water partition coefficient (Wildman–Crippen LogP) is 3.51. The molecule has 3 heteroatoms. The maximum atomic E-state index is 5.74. The Morgan fingerprint density at radius 1 is 1.50 bits per heavy atom. The van der Waals surface area contributed by atoms with Gasteiger partial charge < -0.3 is 4.74 Å². The van der Waals surface area contributed by atoms with E-state index in [-0.39, 0.29) is 0 Å². The van der Waals surface area contributed by atoms with Crippen LogP contribution in [0.4, 0.5) is 0 Å². The first-order chi connectivity index (χ1) is 6.66. The van der Waals surface area contributed by atoms with Crippen molar-refractivity contribution in [2.45, 2.75) is 38.7 Å². The van der Waals surface area contributed by atoms with E-state index < -0.39 is 0 Å². The van der Waals surface area contributed by atoms with Crippen molar-refractivity contribution in [2.75, 3.05) is 0 Å². The van der Waals surface area contributed by atoms with E-state index in [0.29, 0.717) is 12.0 Å². The van der Waals surface area contributed by atoms with Gasteiger partial charge in [0.25, 0.3) is 0 Å². The molecule has 1 aromatic heterocycles. The average molecular weight is 256 g/mol. The highest BCUT2D eigenvalue weighted by molar-refractivity contribution is 9.10. The smallest absolute Gasteiger partial charge is 0.152 e. The summed E-state index contributed by atoms with van der Waals surface area (Å²) in [5.41, 5.74) is 1.23. The van der Waals surface area contributed by atoms with Gasteiger partial charge in [-0.2, -0.15) is 0 Å². The highest BCUT2D eigenvalue weighted by Crippen LogP contribution is 2.32. The summed E-state index contributed by atoms with van der Waals surface area (Å²) in [6.45, 7) is 4.32. The summed E-state index contributed by atoms with van der Waals surface area (Å²) in [5, 5.41) is 0. The van der Waals surface area contributed by atoms with Crippen LogP contribution in [0.25, 0.3) is 0 Å². The summed E-state index contributed by atoms with van der Waals surface area (Å²) in [6, 6.07) is 2.08. The Kier molecular flexibility index (Phi) is 2.77. The second-order valence-corrected chi connectivity index (χ2v) is 4.78. The van der Waals surface area contributed by atoms with Gasteiger partial charge in [0, 0.05) is 6.20 Å². The van der Waals surface area contributed by atoms with Gasteiger partial charge in [-0.1, -0.05) is 13.8 Å². The van der Waals surface area contributed by atoms with Crippen LogP contribution in [0.2, 0.25) is 0 Å². The summed E-state index contributed by atoms with van der Waals surface area (Å²) in [5.74, 6) is 1.39. The average Bonchev–Trinajstić information content (AvgIpc) is 2.92. The third-order valence-corrected chi connectivity index (χ3v) is 2.91. The molecule has 0 aromatic carbocycles. The largest absolute Gasteiger partial charge is 0.488 e. The Hall–Kier alpha value is -0.570. The number of halogens is 1. The van der Waals surface area contributed by atoms with Crippen LogP contribution in [0.1, 0.15) is 38.2 Å². The van der Waals surface area contributed by atoms with Crippen LogP contribution in [0, 0.1) is 0 Å². The monoisotopic (exact) mass is 255 g/mol. The molecule has 1 aromatic rings. The molecular formula is C11H14BrNO. The fraction of sp³-hybridized carbons (Fsp3) is 0.545. The summed E-state index contributed by atoms with van der Waals surface area (Å²) in [6.07, 6.45) is 4.68. The van der Waals surface area contributed by atoms with Gasteiger partial charge in [0.1, 0.15) is 4.60 Å². The van der Waals surface area contributed by atoms with Crippen molar-refractivity contribution in [3.8, 4) is 5.75 Å². The van der Waals surface area contributed by atoms with Crippen molar-refractivity contribution >= 4 is 15.9 Å². The quantitative estimate of drug-likeness (QED) is 0.772. The highest BCUT2D eigenvalue weighted by Gasteiger charge is 2.24. The number of pyridine rings is 1. The molecule has 0 saturated heterocycles. The molecule has 1 fully saturated rings. The van der Waals surface area contributed by atoms with Gasteiger partial charge in [-0.25, -0.2) is 4.98 Å². The van der Waals surface area contributed by atoms with Crippen LogP contribution in [0.15, 0.2) is 16.9 Å². The van der Waals surface area contributed by atoms with Gasteiger partial charge >= 0.3 is 0 Å². The molecule has 0 radical (unpaired) electrons. The van der Waals surface area contributed by atoms with Crippen molar-refractivity contribution < 1.29 is 4.74 Å². The van der Waals surface area contributed by atoms with Gasteiger partial charge in [-0.05, 0) is 46.3 Å². The number of ether oxygens (including phenoxy) is 1. The number of rotatable bonds is 3. The van der Waals surface area contributed by atoms with E-state index in [1.807, 2.05) is 6.20 Å². The van der Waals surface area contributed by atoms with E-state index in [2.05, 4.69) is 40.8 Å². The first-order valence-electron chi connectivity index (χ1n) is 4.99. The Balaban J connectivity index is 2.21. The second kappa shape index (κ2) is 3.89. The maximum Gasteiger partial charge on any atom is 0.152 e. The van der Waals surface area contributed by atoms with Crippen LogP contribution in [-0.4, -0.2) is 11.1 Å². The van der Waals surface area contributed by atoms with E-state index in [1.54, 1.807) is 0 Å². The number of nitrogens with zero attached hydrogens (tertiary/aromatic N) is 1. The van der Waals surface area contributed by atoms with Gasteiger partial charge in [0.15, 0.2) is 5.75 Å². The molecule has 2 rings (SSSR count). The van der Waals surface area contributed by atoms with Gasteiger partial charge in [0.05, 0.1) is 6.10 Å². The molecule has 0 bridgehead atoms. The maximum absolute atomic E-state index is 5.74. The van der Waals surface area contributed by atoms with E-state index in [1.165, 1.54) is 18.4 Å². The highest BCUT2D eigenvalue weighted by atomic mass is 79.9. The van der Waals surface area contributed by atoms with Crippen LogP contribution in [-0.2, 0) is 0 Å². The standard InChI is InChI=1S/C11H14BrNO/c1-7(2)8-5-10(11(12)13-6-8)14-9-3-4-9/h5-7,9H,3-4H2,1-2H3. The van der Waals surface area contributed by atoms with Gasteiger partial charge in [-0.15, -0.1) is 0 Å². The molecule has 0 atom stereocenters. The topological polar surface area (TPSA) is 22.1 Å². The van der Waals surface area contributed by atoms with Crippen molar-refractivity contribution in [1.29, 1.82) is 0 Å². The molecule has 76 valence electrons. The van der Waals surface area contributed by atoms with E-state index >= 15 is 0 Å². The molecule has 0 aliphatic heterocycles. The summed E-state index contributed by atoms with van der Waals surface area (Å²) < 4.78 is 6.55. The van der Waals surface area contributed by atoms with Crippen molar-refractivity contribution in [2.24, 2.45) is 0 Å². The number of hydrogen-bond donors (Lipinski definition) is 0. The van der Waals surface area contributed by atoms with Crippen molar-refractivity contribution in [1.82, 2.24) is 4.98 Å². The fourth-order valence-electron chi connectivity index (χ4n) is 1.21. The first-order valence-corrected chi connectivity index (χ1v) is 5.78. The molecule has 1 aliphatic carbocycles. The summed E-state index contributed by atoms with van der Waals surface area (Å²) in [7, 11) is 0. The zero-order chi connectivity index (χ0) is 10.1. The molecule has 0 N–H and O–H groups in total. The normalized spacial score (nSPS) is 16.0. The van der Waals surface area contributed by atoms with Crippen LogP contribution in [0.5, 0.6) is 5.75 Å². The van der Waals surface area contributed by atoms with E-state index in [9.17, 15) is 0 Å². The molecule has 0 unspecified atom stereocenters. The van der Waals surface area contributed by atoms with E-state index in [0.717, 1.165) is 10.4 Å². The Morgan fingerprint density at radius 2 is 2.21 bits per heavy atom. The lowest BCUT2D eigenvalue weighted by Crippen LogP contribution is -1.99. The number of hydrogen-bond acceptors (Lipinski definition) is 2. The molecule has 1 saturated carbocycles. The fourth-order valence-corrected chi connectivity index (χ4v) is 1.52. The zero-order valence-electron chi connectivity index (χ0n) is 8.46.